The van der Waals surface area contributed by atoms with Crippen molar-refractivity contribution >= 4 is 31.6 Å². The van der Waals surface area contributed by atoms with E-state index in [9.17, 15) is 9.59 Å². The lowest BCUT2D eigenvalue weighted by Gasteiger charge is -2.06. The minimum Gasteiger partial charge on any atom is -0.345 e. The minimum absolute atomic E-state index is 0.305. The van der Waals surface area contributed by atoms with Crippen LogP contribution in [0.1, 0.15) is 5.56 Å². The van der Waals surface area contributed by atoms with Gasteiger partial charge in [0.05, 0.1) is 26.4 Å². The first kappa shape index (κ1) is 12.9. The second kappa shape index (κ2) is 7.14. The first-order chi connectivity index (χ1) is 7.76. The van der Waals surface area contributed by atoms with Crippen molar-refractivity contribution in [3.63, 3.8) is 0 Å². The Bertz CT molecular complexity index is 413. The molecule has 0 aliphatic carbocycles. The molecule has 0 heterocycles. The zero-order valence-corrected chi connectivity index (χ0v) is 9.87. The summed E-state index contributed by atoms with van der Waals surface area (Å²) in [6, 6.07) is 7.11. The van der Waals surface area contributed by atoms with Gasteiger partial charge >= 0.3 is 0 Å². The summed E-state index contributed by atoms with van der Waals surface area (Å²) in [5, 5.41) is 0.645. The summed E-state index contributed by atoms with van der Waals surface area (Å²) >= 11 is 5.72. The summed E-state index contributed by atoms with van der Waals surface area (Å²) < 4.78 is 5.33. The van der Waals surface area contributed by atoms with Gasteiger partial charge in [0.2, 0.25) is 0 Å². The smallest absolute Gasteiger partial charge is 0.127 e. The standard InChI is InChI=1S/C11H8ClO3P/c12-11-3-1-10(2-4-11)9-15-16(7-5-13)8-6-14/h1-4,7-8H,9H2. The number of benzene rings is 1. The second-order valence-electron chi connectivity index (χ2n) is 2.75. The highest BCUT2D eigenvalue weighted by Crippen LogP contribution is 2.39. The fourth-order valence-electron chi connectivity index (χ4n) is 0.945. The Morgan fingerprint density at radius 2 is 1.75 bits per heavy atom. The predicted molar refractivity (Wildman–Crippen MR) is 63.7 cm³/mol. The summed E-state index contributed by atoms with van der Waals surface area (Å²) in [5.41, 5.74) is 0.912. The third-order valence-electron chi connectivity index (χ3n) is 1.65. The molecule has 1 aromatic rings. The van der Waals surface area contributed by atoms with Crippen LogP contribution in [-0.4, -0.2) is 11.9 Å². The second-order valence-corrected chi connectivity index (χ2v) is 4.68. The molecular formula is C11H8ClO3P. The molecule has 16 heavy (non-hydrogen) atoms. The van der Waals surface area contributed by atoms with Crippen molar-refractivity contribution in [2.75, 3.05) is 0 Å². The van der Waals surface area contributed by atoms with E-state index in [1.54, 1.807) is 24.0 Å². The van der Waals surface area contributed by atoms with Crippen molar-refractivity contribution in [2.24, 2.45) is 0 Å². The number of rotatable bonds is 5. The van der Waals surface area contributed by atoms with E-state index in [1.807, 2.05) is 12.1 Å². The van der Waals surface area contributed by atoms with Crippen molar-refractivity contribution in [3.05, 3.63) is 46.5 Å². The van der Waals surface area contributed by atoms with E-state index < -0.39 is 8.15 Å². The van der Waals surface area contributed by atoms with Crippen molar-refractivity contribution in [3.8, 4) is 0 Å². The molecule has 0 aromatic heterocycles. The minimum atomic E-state index is -1.32. The van der Waals surface area contributed by atoms with Crippen LogP contribution in [0.4, 0.5) is 0 Å². The first-order valence-electron chi connectivity index (χ1n) is 4.34. The zero-order valence-electron chi connectivity index (χ0n) is 8.22. The largest absolute Gasteiger partial charge is 0.345 e. The summed E-state index contributed by atoms with van der Waals surface area (Å²) in [6.07, 6.45) is 0. The van der Waals surface area contributed by atoms with Gasteiger partial charge in [-0.15, -0.1) is 0 Å². The topological polar surface area (TPSA) is 43.4 Å². The normalized spacial score (nSPS) is 11.1. The highest BCUT2D eigenvalue weighted by molar-refractivity contribution is 7.59. The van der Waals surface area contributed by atoms with Crippen LogP contribution in [0.3, 0.4) is 0 Å². The highest BCUT2D eigenvalue weighted by atomic mass is 35.5. The lowest BCUT2D eigenvalue weighted by molar-refractivity contribution is 0.350. The average molecular weight is 255 g/mol. The molecule has 1 rings (SSSR count). The van der Waals surface area contributed by atoms with Gasteiger partial charge in [0.1, 0.15) is 11.9 Å². The molecule has 0 radical (unpaired) electrons. The monoisotopic (exact) mass is 254 g/mol. The Morgan fingerprint density at radius 3 is 2.25 bits per heavy atom. The van der Waals surface area contributed by atoms with E-state index in [2.05, 4.69) is 0 Å². The van der Waals surface area contributed by atoms with E-state index >= 15 is 0 Å². The third kappa shape index (κ3) is 4.55. The Kier molecular flexibility index (Phi) is 5.74. The highest BCUT2D eigenvalue weighted by Gasteiger charge is 2.02. The van der Waals surface area contributed by atoms with Gasteiger partial charge in [0, 0.05) is 5.02 Å². The number of hydrogen-bond donors (Lipinski definition) is 0. The summed E-state index contributed by atoms with van der Waals surface area (Å²) in [7, 11) is -1.32. The van der Waals surface area contributed by atoms with Crippen LogP contribution < -0.4 is 0 Å². The Morgan fingerprint density at radius 1 is 1.19 bits per heavy atom. The lowest BCUT2D eigenvalue weighted by Crippen LogP contribution is -1.86. The third-order valence-corrected chi connectivity index (χ3v) is 3.05. The molecule has 0 saturated heterocycles. The van der Waals surface area contributed by atoms with Gasteiger partial charge in [-0.05, 0) is 17.7 Å². The molecule has 0 saturated carbocycles. The summed E-state index contributed by atoms with van der Waals surface area (Å²) in [5.74, 6) is 5.54. The number of carbonyl (C=O) groups excluding carboxylic acids is 2. The van der Waals surface area contributed by atoms with Gasteiger partial charge < -0.3 is 4.52 Å². The van der Waals surface area contributed by atoms with Crippen LogP contribution >= 0.6 is 19.7 Å². The first-order valence-corrected chi connectivity index (χ1v) is 6.11. The molecule has 0 aliphatic heterocycles. The van der Waals surface area contributed by atoms with Gasteiger partial charge in [-0.1, -0.05) is 23.7 Å². The molecule has 0 atom stereocenters. The van der Waals surface area contributed by atoms with E-state index in [4.69, 9.17) is 16.1 Å². The zero-order chi connectivity index (χ0) is 11.8. The van der Waals surface area contributed by atoms with Gasteiger partial charge in [-0.2, -0.15) is 0 Å². The number of hydrogen-bond acceptors (Lipinski definition) is 3. The molecule has 0 unspecified atom stereocenters. The van der Waals surface area contributed by atoms with Crippen molar-refractivity contribution in [1.29, 1.82) is 0 Å². The Labute approximate surface area is 99.2 Å². The van der Waals surface area contributed by atoms with Crippen LogP contribution in [0.25, 0.3) is 0 Å². The molecule has 0 bridgehead atoms. The fourth-order valence-corrected chi connectivity index (χ4v) is 1.80. The van der Waals surface area contributed by atoms with Crippen LogP contribution in [0.5, 0.6) is 0 Å². The fraction of sp³-hybridized carbons (Fsp3) is 0.0909. The molecule has 0 fully saturated rings. The number of halogens is 1. The van der Waals surface area contributed by atoms with Gasteiger partial charge in [0.25, 0.3) is 0 Å². The maximum atomic E-state index is 10.1. The molecule has 1 aromatic carbocycles. The molecule has 0 N–H and O–H groups in total. The molecule has 0 spiro atoms. The van der Waals surface area contributed by atoms with Crippen LogP contribution in [0.2, 0.25) is 5.02 Å². The Balaban J connectivity index is 2.58. The average Bonchev–Trinajstić information content (AvgIpc) is 2.29. The molecule has 3 nitrogen and oxygen atoms in total. The quantitative estimate of drug-likeness (QED) is 0.599. The maximum absolute atomic E-state index is 10.1. The van der Waals surface area contributed by atoms with Gasteiger partial charge in [0.15, 0.2) is 0 Å². The lowest BCUT2D eigenvalue weighted by atomic mass is 10.2. The maximum Gasteiger partial charge on any atom is 0.127 e. The molecule has 0 aliphatic rings. The van der Waals surface area contributed by atoms with E-state index in [0.29, 0.717) is 11.6 Å². The van der Waals surface area contributed by atoms with Crippen molar-refractivity contribution in [2.45, 2.75) is 6.61 Å². The van der Waals surface area contributed by atoms with Gasteiger partial charge in [-0.25, -0.2) is 9.59 Å². The molecule has 5 heteroatoms. The molecular weight excluding hydrogens is 247 g/mol. The van der Waals surface area contributed by atoms with E-state index in [1.165, 1.54) is 11.6 Å². The van der Waals surface area contributed by atoms with Gasteiger partial charge in [-0.3, -0.25) is 0 Å². The van der Waals surface area contributed by atoms with Crippen LogP contribution in [0.15, 0.2) is 35.9 Å². The molecule has 0 amide bonds. The molecule has 82 valence electrons. The summed E-state index contributed by atoms with van der Waals surface area (Å²) in [4.78, 5) is 20.3. The van der Waals surface area contributed by atoms with E-state index in [-0.39, 0.29) is 0 Å². The Hall–Kier alpha value is -1.20. The predicted octanol–water partition coefficient (Wildman–Crippen LogP) is 2.94. The van der Waals surface area contributed by atoms with E-state index in [0.717, 1.165) is 5.56 Å². The van der Waals surface area contributed by atoms with Crippen LogP contribution in [0, 0.1) is 0 Å². The van der Waals surface area contributed by atoms with Crippen molar-refractivity contribution < 1.29 is 14.1 Å². The van der Waals surface area contributed by atoms with Crippen molar-refractivity contribution in [1.82, 2.24) is 0 Å². The SMILES string of the molecule is O=C=CP(C=C=O)OCc1ccc(Cl)cc1. The summed E-state index contributed by atoms with van der Waals surface area (Å²) in [6.45, 7) is 0.305. The van der Waals surface area contributed by atoms with Crippen LogP contribution in [-0.2, 0) is 20.7 Å².